The second-order valence-electron chi connectivity index (χ2n) is 4.19. The molecule has 1 N–H and O–H groups in total. The van der Waals surface area contributed by atoms with E-state index >= 15 is 0 Å². The molecule has 2 rings (SSSR count). The molecular formula is C14H16N2O. The van der Waals surface area contributed by atoms with Crippen molar-refractivity contribution in [3.05, 3.63) is 60.2 Å². The zero-order valence-electron chi connectivity index (χ0n) is 9.82. The Hall–Kier alpha value is -1.74. The van der Waals surface area contributed by atoms with Crippen LogP contribution in [0.25, 0.3) is 0 Å². The average molecular weight is 228 g/mol. The third kappa shape index (κ3) is 3.11. The molecule has 17 heavy (non-hydrogen) atoms. The fourth-order valence-corrected chi connectivity index (χ4v) is 1.86. The van der Waals surface area contributed by atoms with Crippen molar-refractivity contribution < 1.29 is 5.11 Å². The van der Waals surface area contributed by atoms with Crippen molar-refractivity contribution in [2.45, 2.75) is 25.4 Å². The predicted molar refractivity (Wildman–Crippen MR) is 66.5 cm³/mol. The molecule has 0 aliphatic rings. The number of aliphatic hydroxyl groups excluding tert-OH is 1. The van der Waals surface area contributed by atoms with Gasteiger partial charge in [-0.25, -0.2) is 0 Å². The Bertz CT molecular complexity index is 401. The molecule has 3 heteroatoms. The predicted octanol–water partition coefficient (Wildman–Crippen LogP) is 2.70. The number of rotatable bonds is 4. The number of nitrogens with zero attached hydrogens (tertiary/aromatic N) is 2. The topological polar surface area (TPSA) is 46.0 Å². The fraction of sp³-hybridized carbons (Fsp3) is 0.286. The van der Waals surface area contributed by atoms with Gasteiger partial charge in [0.1, 0.15) is 0 Å². The van der Waals surface area contributed by atoms with E-state index in [9.17, 15) is 5.11 Å². The third-order valence-corrected chi connectivity index (χ3v) is 2.87. The van der Waals surface area contributed by atoms with Crippen LogP contribution in [-0.4, -0.2) is 15.1 Å². The smallest absolute Gasteiger partial charge is 0.0981 e. The van der Waals surface area contributed by atoms with Crippen LogP contribution >= 0.6 is 0 Å². The highest BCUT2D eigenvalue weighted by Gasteiger charge is 2.14. The van der Waals surface area contributed by atoms with Crippen LogP contribution in [0.15, 0.2) is 48.9 Å². The first-order valence-corrected chi connectivity index (χ1v) is 5.76. The van der Waals surface area contributed by atoms with E-state index < -0.39 is 6.10 Å². The lowest BCUT2D eigenvalue weighted by Gasteiger charge is -2.16. The van der Waals surface area contributed by atoms with Gasteiger partial charge in [-0.15, -0.1) is 0 Å². The van der Waals surface area contributed by atoms with Gasteiger partial charge in [-0.1, -0.05) is 37.3 Å². The summed E-state index contributed by atoms with van der Waals surface area (Å²) in [6, 6.07) is 10.2. The molecule has 88 valence electrons. The Morgan fingerprint density at radius 1 is 1.18 bits per heavy atom. The molecule has 1 heterocycles. The Kier molecular flexibility index (Phi) is 3.83. The molecular weight excluding hydrogens is 212 g/mol. The fourth-order valence-electron chi connectivity index (χ4n) is 1.86. The molecule has 0 radical (unpaired) electrons. The first-order valence-electron chi connectivity index (χ1n) is 5.76. The van der Waals surface area contributed by atoms with Crippen LogP contribution in [0.3, 0.4) is 0 Å². The van der Waals surface area contributed by atoms with Gasteiger partial charge < -0.3 is 5.11 Å². The van der Waals surface area contributed by atoms with E-state index in [1.165, 1.54) is 5.56 Å². The van der Waals surface area contributed by atoms with Gasteiger partial charge in [-0.05, 0) is 17.9 Å². The largest absolute Gasteiger partial charge is 0.387 e. The Morgan fingerprint density at radius 2 is 1.94 bits per heavy atom. The van der Waals surface area contributed by atoms with E-state index in [1.54, 1.807) is 18.6 Å². The third-order valence-electron chi connectivity index (χ3n) is 2.87. The lowest BCUT2D eigenvalue weighted by molar-refractivity contribution is 0.154. The van der Waals surface area contributed by atoms with E-state index in [1.807, 2.05) is 18.2 Å². The summed E-state index contributed by atoms with van der Waals surface area (Å²) in [5.41, 5.74) is 1.87. The molecule has 0 amide bonds. The highest BCUT2D eigenvalue weighted by atomic mass is 16.3. The number of aromatic nitrogens is 2. The monoisotopic (exact) mass is 228 g/mol. The maximum Gasteiger partial charge on any atom is 0.0981 e. The van der Waals surface area contributed by atoms with E-state index in [0.717, 1.165) is 0 Å². The molecule has 2 unspecified atom stereocenters. The minimum absolute atomic E-state index is 0.299. The van der Waals surface area contributed by atoms with Gasteiger partial charge in [0.2, 0.25) is 0 Å². The molecule has 0 aliphatic carbocycles. The van der Waals surface area contributed by atoms with Gasteiger partial charge in [0.25, 0.3) is 0 Å². The summed E-state index contributed by atoms with van der Waals surface area (Å²) in [4.78, 5) is 8.08. The van der Waals surface area contributed by atoms with E-state index in [4.69, 9.17) is 0 Å². The molecule has 2 atom stereocenters. The van der Waals surface area contributed by atoms with E-state index in [0.29, 0.717) is 18.0 Å². The highest BCUT2D eigenvalue weighted by Crippen LogP contribution is 2.26. The molecule has 0 saturated heterocycles. The normalized spacial score (nSPS) is 14.2. The van der Waals surface area contributed by atoms with Crippen molar-refractivity contribution in [3.8, 4) is 0 Å². The Morgan fingerprint density at radius 3 is 2.59 bits per heavy atom. The summed E-state index contributed by atoms with van der Waals surface area (Å²) >= 11 is 0. The summed E-state index contributed by atoms with van der Waals surface area (Å²) in [5, 5.41) is 10.0. The molecule has 0 bridgehead atoms. The molecule has 1 aromatic carbocycles. The van der Waals surface area contributed by atoms with Crippen LogP contribution in [0.2, 0.25) is 0 Å². The lowest BCUT2D eigenvalue weighted by Crippen LogP contribution is -2.05. The summed E-state index contributed by atoms with van der Waals surface area (Å²) in [6.07, 6.45) is 4.92. The molecule has 3 nitrogen and oxygen atoms in total. The molecule has 2 aromatic rings. The number of hydrogen-bond donors (Lipinski definition) is 1. The van der Waals surface area contributed by atoms with Crippen molar-refractivity contribution in [2.75, 3.05) is 0 Å². The van der Waals surface area contributed by atoms with Crippen molar-refractivity contribution in [1.29, 1.82) is 0 Å². The summed E-state index contributed by atoms with van der Waals surface area (Å²) in [5.74, 6) is 0.299. The van der Waals surface area contributed by atoms with Crippen LogP contribution in [0.5, 0.6) is 0 Å². The van der Waals surface area contributed by atoms with Crippen molar-refractivity contribution in [1.82, 2.24) is 9.97 Å². The number of aliphatic hydroxyl groups is 1. The van der Waals surface area contributed by atoms with Crippen LogP contribution in [0.1, 0.15) is 36.6 Å². The second kappa shape index (κ2) is 5.55. The first-order chi connectivity index (χ1) is 8.27. The van der Waals surface area contributed by atoms with Crippen LogP contribution in [0, 0.1) is 0 Å². The molecule has 0 saturated carbocycles. The molecule has 0 aliphatic heterocycles. The summed E-state index contributed by atoms with van der Waals surface area (Å²) < 4.78 is 0. The average Bonchev–Trinajstić information content (AvgIpc) is 2.40. The van der Waals surface area contributed by atoms with Gasteiger partial charge in [-0.2, -0.15) is 0 Å². The van der Waals surface area contributed by atoms with Crippen LogP contribution in [-0.2, 0) is 0 Å². The molecule has 1 aromatic heterocycles. The van der Waals surface area contributed by atoms with Gasteiger partial charge in [0.05, 0.1) is 18.0 Å². The van der Waals surface area contributed by atoms with Gasteiger partial charge in [-0.3, -0.25) is 9.97 Å². The summed E-state index contributed by atoms with van der Waals surface area (Å²) in [7, 11) is 0. The van der Waals surface area contributed by atoms with Gasteiger partial charge in [0.15, 0.2) is 0 Å². The Labute approximate surface area is 101 Å². The van der Waals surface area contributed by atoms with Gasteiger partial charge in [0, 0.05) is 12.4 Å². The molecule has 0 spiro atoms. The number of hydrogen-bond acceptors (Lipinski definition) is 3. The van der Waals surface area contributed by atoms with Crippen molar-refractivity contribution in [2.24, 2.45) is 0 Å². The van der Waals surface area contributed by atoms with Crippen LogP contribution < -0.4 is 0 Å². The minimum atomic E-state index is -0.557. The highest BCUT2D eigenvalue weighted by molar-refractivity contribution is 5.19. The standard InChI is InChI=1S/C14H16N2O/c1-11(12-5-3-2-4-6-12)9-14(17)13-10-15-7-8-16-13/h2-8,10-11,14,17H,9H2,1H3. The molecule has 0 fully saturated rings. The maximum absolute atomic E-state index is 10.0. The summed E-state index contributed by atoms with van der Waals surface area (Å²) in [6.45, 7) is 2.11. The second-order valence-corrected chi connectivity index (χ2v) is 4.19. The first kappa shape index (κ1) is 11.7. The quantitative estimate of drug-likeness (QED) is 0.875. The van der Waals surface area contributed by atoms with Crippen LogP contribution in [0.4, 0.5) is 0 Å². The van der Waals surface area contributed by atoms with Crippen molar-refractivity contribution in [3.63, 3.8) is 0 Å². The van der Waals surface area contributed by atoms with E-state index in [-0.39, 0.29) is 0 Å². The maximum atomic E-state index is 10.0. The zero-order chi connectivity index (χ0) is 12.1. The van der Waals surface area contributed by atoms with E-state index in [2.05, 4.69) is 29.0 Å². The van der Waals surface area contributed by atoms with Crippen molar-refractivity contribution >= 4 is 0 Å². The zero-order valence-corrected chi connectivity index (χ0v) is 9.82. The van der Waals surface area contributed by atoms with Gasteiger partial charge >= 0.3 is 0 Å². The lowest BCUT2D eigenvalue weighted by atomic mass is 9.94. The number of benzene rings is 1. The minimum Gasteiger partial charge on any atom is -0.387 e. The Balaban J connectivity index is 2.02. The SMILES string of the molecule is CC(CC(O)c1cnccn1)c1ccccc1.